The zero-order chi connectivity index (χ0) is 6.41. The number of rotatable bonds is 4. The van der Waals surface area contributed by atoms with Crippen molar-refractivity contribution in [1.29, 1.82) is 0 Å². The van der Waals surface area contributed by atoms with Crippen LogP contribution >= 0.6 is 0 Å². The third-order valence-corrected chi connectivity index (χ3v) is 1.33. The van der Waals surface area contributed by atoms with Gasteiger partial charge in [-0.15, -0.1) is 13.2 Å². The molecule has 0 heteroatoms. The van der Waals surface area contributed by atoms with Crippen LogP contribution < -0.4 is 0 Å². The van der Waals surface area contributed by atoms with Crippen LogP contribution in [0, 0.1) is 5.92 Å². The van der Waals surface area contributed by atoms with Crippen molar-refractivity contribution in [2.45, 2.75) is 19.8 Å². The summed E-state index contributed by atoms with van der Waals surface area (Å²) >= 11 is 0. The third-order valence-electron chi connectivity index (χ3n) is 1.33. The van der Waals surface area contributed by atoms with E-state index in [0.29, 0.717) is 5.92 Å². The molecule has 0 amide bonds. The Kier molecular flexibility index (Phi) is 4.33. The van der Waals surface area contributed by atoms with Gasteiger partial charge in [0.25, 0.3) is 0 Å². The molecular weight excluding hydrogens is 96.1 g/mol. The molecule has 8 heavy (non-hydrogen) atoms. The molecule has 0 saturated heterocycles. The highest BCUT2D eigenvalue weighted by Gasteiger charge is 1.94. The fourth-order valence-corrected chi connectivity index (χ4v) is 0.644. The maximum absolute atomic E-state index is 3.70. The Morgan fingerprint density at radius 1 is 1.50 bits per heavy atom. The van der Waals surface area contributed by atoms with E-state index < -0.39 is 0 Å². The van der Waals surface area contributed by atoms with Gasteiger partial charge in [0, 0.05) is 0 Å². The number of hydrogen-bond donors (Lipinski definition) is 0. The summed E-state index contributed by atoms with van der Waals surface area (Å²) in [6.07, 6.45) is 6.17. The molecule has 0 aromatic carbocycles. The minimum atomic E-state index is 0.646. The van der Waals surface area contributed by atoms with Gasteiger partial charge in [-0.25, -0.2) is 0 Å². The summed E-state index contributed by atoms with van der Waals surface area (Å²) < 4.78 is 0. The highest BCUT2D eigenvalue weighted by molar-refractivity contribution is 4.83. The van der Waals surface area contributed by atoms with Crippen molar-refractivity contribution in [2.24, 2.45) is 5.92 Å². The van der Waals surface area contributed by atoms with Gasteiger partial charge in [-0.2, -0.15) is 0 Å². The maximum atomic E-state index is 3.70. The summed E-state index contributed by atoms with van der Waals surface area (Å²) in [5.41, 5.74) is 0. The van der Waals surface area contributed by atoms with E-state index in [2.05, 4.69) is 20.1 Å². The Morgan fingerprint density at radius 2 is 2.12 bits per heavy atom. The predicted molar refractivity (Wildman–Crippen MR) is 38.8 cm³/mol. The molecule has 0 saturated carbocycles. The van der Waals surface area contributed by atoms with Crippen molar-refractivity contribution < 1.29 is 0 Å². The van der Waals surface area contributed by atoms with E-state index in [1.54, 1.807) is 0 Å². The lowest BCUT2D eigenvalue weighted by molar-refractivity contribution is 0.640. The zero-order valence-electron chi connectivity index (χ0n) is 5.56. The molecule has 0 fully saturated rings. The highest BCUT2D eigenvalue weighted by atomic mass is 14.0. The minimum absolute atomic E-state index is 0.646. The molecule has 0 rings (SSSR count). The van der Waals surface area contributed by atoms with Gasteiger partial charge >= 0.3 is 0 Å². The van der Waals surface area contributed by atoms with Crippen LogP contribution in [0.1, 0.15) is 19.8 Å². The molecule has 0 aliphatic rings. The molecule has 0 spiro atoms. The molecule has 0 aromatic heterocycles. The van der Waals surface area contributed by atoms with Gasteiger partial charge in [-0.05, 0) is 18.8 Å². The normalized spacial score (nSPS) is 12.6. The first-order valence-electron chi connectivity index (χ1n) is 3.08. The Bertz CT molecular complexity index is 72.1. The average Bonchev–Trinajstić information content (AvgIpc) is 1.83. The molecule has 0 aliphatic carbocycles. The van der Waals surface area contributed by atoms with Crippen molar-refractivity contribution in [3.63, 3.8) is 0 Å². The molecule has 0 heterocycles. The minimum Gasteiger partial charge on any atom is -0.103 e. The van der Waals surface area contributed by atoms with Crippen molar-refractivity contribution in [3.8, 4) is 0 Å². The molecule has 46 valence electrons. The summed E-state index contributed by atoms with van der Waals surface area (Å²) in [4.78, 5) is 0. The average molecular weight is 110 g/mol. The molecular formula is C8H14. The van der Waals surface area contributed by atoms with Gasteiger partial charge in [-0.1, -0.05) is 19.1 Å². The first kappa shape index (κ1) is 7.48. The van der Waals surface area contributed by atoms with Crippen LogP contribution in [-0.4, -0.2) is 0 Å². The topological polar surface area (TPSA) is 0 Å². The van der Waals surface area contributed by atoms with E-state index in [1.807, 2.05) is 12.2 Å². The number of hydrogen-bond acceptors (Lipinski definition) is 0. The van der Waals surface area contributed by atoms with Crippen LogP contribution in [0.3, 0.4) is 0 Å². The largest absolute Gasteiger partial charge is 0.103 e. The first-order valence-corrected chi connectivity index (χ1v) is 3.08. The number of allylic oxidation sites excluding steroid dienone is 2. The Balaban J connectivity index is 3.35. The van der Waals surface area contributed by atoms with E-state index in [0.717, 1.165) is 6.42 Å². The standard InChI is InChI=1S/C8H14/c1-4-7-8(5-2)6-3/h4-5,8H,1-2,6-7H2,3H3. The molecule has 1 atom stereocenters. The first-order chi connectivity index (χ1) is 3.85. The van der Waals surface area contributed by atoms with E-state index in [9.17, 15) is 0 Å². The van der Waals surface area contributed by atoms with Crippen LogP contribution in [0.25, 0.3) is 0 Å². The second-order valence-corrected chi connectivity index (χ2v) is 1.93. The fraction of sp³-hybridized carbons (Fsp3) is 0.500. The molecule has 0 aliphatic heterocycles. The van der Waals surface area contributed by atoms with Crippen LogP contribution in [0.4, 0.5) is 0 Å². The van der Waals surface area contributed by atoms with E-state index in [1.165, 1.54) is 6.42 Å². The molecule has 0 radical (unpaired) electrons. The monoisotopic (exact) mass is 110 g/mol. The van der Waals surface area contributed by atoms with Crippen LogP contribution in [0.2, 0.25) is 0 Å². The summed E-state index contributed by atoms with van der Waals surface area (Å²) in [7, 11) is 0. The van der Waals surface area contributed by atoms with Gasteiger partial charge < -0.3 is 0 Å². The van der Waals surface area contributed by atoms with E-state index >= 15 is 0 Å². The Hall–Kier alpha value is -0.520. The molecule has 0 aromatic rings. The quantitative estimate of drug-likeness (QED) is 0.488. The van der Waals surface area contributed by atoms with Gasteiger partial charge in [0.2, 0.25) is 0 Å². The second kappa shape index (κ2) is 4.63. The van der Waals surface area contributed by atoms with Crippen molar-refractivity contribution in [3.05, 3.63) is 25.3 Å². The molecule has 1 unspecified atom stereocenters. The zero-order valence-corrected chi connectivity index (χ0v) is 5.56. The van der Waals surface area contributed by atoms with Crippen molar-refractivity contribution in [2.75, 3.05) is 0 Å². The predicted octanol–water partition coefficient (Wildman–Crippen LogP) is 2.77. The SMILES string of the molecule is C=CCC(C=C)CC. The molecule has 0 bridgehead atoms. The molecule has 0 nitrogen and oxygen atoms in total. The lowest BCUT2D eigenvalue weighted by atomic mass is 10.0. The Morgan fingerprint density at radius 3 is 2.25 bits per heavy atom. The van der Waals surface area contributed by atoms with E-state index in [-0.39, 0.29) is 0 Å². The van der Waals surface area contributed by atoms with Crippen molar-refractivity contribution >= 4 is 0 Å². The van der Waals surface area contributed by atoms with Crippen molar-refractivity contribution in [1.82, 2.24) is 0 Å². The van der Waals surface area contributed by atoms with Gasteiger partial charge in [0.15, 0.2) is 0 Å². The van der Waals surface area contributed by atoms with E-state index in [4.69, 9.17) is 0 Å². The van der Waals surface area contributed by atoms with Gasteiger partial charge in [-0.3, -0.25) is 0 Å². The second-order valence-electron chi connectivity index (χ2n) is 1.93. The summed E-state index contributed by atoms with van der Waals surface area (Å²) in [5.74, 6) is 0.646. The van der Waals surface area contributed by atoms with Gasteiger partial charge in [0.1, 0.15) is 0 Å². The van der Waals surface area contributed by atoms with Crippen LogP contribution in [-0.2, 0) is 0 Å². The fourth-order valence-electron chi connectivity index (χ4n) is 0.644. The lowest BCUT2D eigenvalue weighted by Gasteiger charge is -2.02. The third kappa shape index (κ3) is 2.62. The smallest absolute Gasteiger partial charge is 0.0204 e. The summed E-state index contributed by atoms with van der Waals surface area (Å²) in [6, 6.07) is 0. The summed E-state index contributed by atoms with van der Waals surface area (Å²) in [5, 5.41) is 0. The lowest BCUT2D eigenvalue weighted by Crippen LogP contribution is -1.88. The van der Waals surface area contributed by atoms with Crippen LogP contribution in [0.5, 0.6) is 0 Å². The van der Waals surface area contributed by atoms with Crippen LogP contribution in [0.15, 0.2) is 25.3 Å². The molecule has 0 N–H and O–H groups in total. The maximum Gasteiger partial charge on any atom is -0.0204 e. The summed E-state index contributed by atoms with van der Waals surface area (Å²) in [6.45, 7) is 9.51. The highest BCUT2D eigenvalue weighted by Crippen LogP contribution is 2.07. The van der Waals surface area contributed by atoms with Gasteiger partial charge in [0.05, 0.1) is 0 Å². The Labute approximate surface area is 51.9 Å².